The fourth-order valence-electron chi connectivity index (χ4n) is 2.36. The molecule has 0 aromatic heterocycles. The van der Waals surface area contributed by atoms with E-state index in [0.717, 1.165) is 5.56 Å². The van der Waals surface area contributed by atoms with Gasteiger partial charge in [0.2, 0.25) is 0 Å². The molecule has 2 rings (SSSR count). The Hall–Kier alpha value is -2.48. The Morgan fingerprint density at radius 1 is 1.27 bits per heavy atom. The number of nitrogens with one attached hydrogen (secondary N) is 1. The zero-order valence-corrected chi connectivity index (χ0v) is 15.9. The maximum atomic E-state index is 12.4. The van der Waals surface area contributed by atoms with Crippen LogP contribution in [0.4, 0.5) is 0 Å². The van der Waals surface area contributed by atoms with Gasteiger partial charge < -0.3 is 10.1 Å². The summed E-state index contributed by atoms with van der Waals surface area (Å²) in [4.78, 5) is 12.4. The van der Waals surface area contributed by atoms with Gasteiger partial charge in [-0.2, -0.15) is 5.26 Å². The number of hydrogen-bond acceptors (Lipinski definition) is 3. The summed E-state index contributed by atoms with van der Waals surface area (Å²) in [6, 6.07) is 14.4. The molecule has 134 valence electrons. The molecule has 0 unspecified atom stereocenters. The zero-order chi connectivity index (χ0) is 19.1. The van der Waals surface area contributed by atoms with Crippen molar-refractivity contribution in [2.45, 2.75) is 19.9 Å². The molecule has 0 fully saturated rings. The van der Waals surface area contributed by atoms with Gasteiger partial charge in [-0.15, -0.1) is 0 Å². The predicted molar refractivity (Wildman–Crippen MR) is 104 cm³/mol. The summed E-state index contributed by atoms with van der Waals surface area (Å²) in [7, 11) is 0. The monoisotopic (exact) mass is 388 g/mol. The van der Waals surface area contributed by atoms with Crippen LogP contribution in [0.5, 0.6) is 5.75 Å². The van der Waals surface area contributed by atoms with Gasteiger partial charge in [-0.25, -0.2) is 0 Å². The summed E-state index contributed by atoms with van der Waals surface area (Å²) in [5.74, 6) is -0.0846. The Morgan fingerprint density at radius 3 is 2.42 bits per heavy atom. The molecule has 0 radical (unpaired) electrons. The Balaban J connectivity index is 2.22. The standard InChI is InChI=1S/C20H18Cl2N2O2/c1-3-26-19-17(21)10-14(11-18(19)22)9-16(12-23)20(25)24-13(2)15-7-5-4-6-8-15/h4-11,13H,3H2,1-2H3,(H,24,25)/b16-9-/t13-/m0/s1. The molecule has 0 heterocycles. The molecular formula is C20H18Cl2N2O2. The first-order valence-electron chi connectivity index (χ1n) is 8.05. The van der Waals surface area contributed by atoms with Crippen LogP contribution < -0.4 is 10.1 Å². The van der Waals surface area contributed by atoms with Crippen LogP contribution in [0.1, 0.15) is 31.0 Å². The van der Waals surface area contributed by atoms with E-state index in [0.29, 0.717) is 28.0 Å². The van der Waals surface area contributed by atoms with Gasteiger partial charge in [0.1, 0.15) is 11.6 Å². The molecule has 1 atom stereocenters. The molecule has 1 N–H and O–H groups in total. The van der Waals surface area contributed by atoms with Crippen LogP contribution in [-0.2, 0) is 4.79 Å². The van der Waals surface area contributed by atoms with Crippen LogP contribution in [0.25, 0.3) is 6.08 Å². The quantitative estimate of drug-likeness (QED) is 0.547. The summed E-state index contributed by atoms with van der Waals surface area (Å²) >= 11 is 12.3. The molecule has 0 saturated carbocycles. The average Bonchev–Trinajstić information content (AvgIpc) is 2.63. The second kappa shape index (κ2) is 9.28. The van der Waals surface area contributed by atoms with Crippen molar-refractivity contribution >= 4 is 35.2 Å². The van der Waals surface area contributed by atoms with Crippen LogP contribution in [0.15, 0.2) is 48.0 Å². The molecule has 0 aliphatic heterocycles. The van der Waals surface area contributed by atoms with E-state index in [-0.39, 0.29) is 11.6 Å². The highest BCUT2D eigenvalue weighted by Crippen LogP contribution is 2.34. The first-order valence-corrected chi connectivity index (χ1v) is 8.81. The lowest BCUT2D eigenvalue weighted by atomic mass is 10.1. The predicted octanol–water partition coefficient (Wildman–Crippen LogP) is 5.18. The third kappa shape index (κ3) is 5.01. The second-order valence-electron chi connectivity index (χ2n) is 5.52. The molecule has 4 nitrogen and oxygen atoms in total. The number of halogens is 2. The Kier molecular flexibility index (Phi) is 7.08. The minimum absolute atomic E-state index is 0.0379. The largest absolute Gasteiger partial charge is 0.491 e. The van der Waals surface area contributed by atoms with Crippen LogP contribution in [0.3, 0.4) is 0 Å². The van der Waals surface area contributed by atoms with E-state index in [1.165, 1.54) is 6.08 Å². The summed E-state index contributed by atoms with van der Waals surface area (Å²) in [6.07, 6.45) is 1.44. The number of carbonyl (C=O) groups excluding carboxylic acids is 1. The van der Waals surface area contributed by atoms with E-state index < -0.39 is 5.91 Å². The maximum absolute atomic E-state index is 12.4. The summed E-state index contributed by atoms with van der Waals surface area (Å²) in [5, 5.41) is 12.8. The van der Waals surface area contributed by atoms with Crippen molar-refractivity contribution in [2.75, 3.05) is 6.61 Å². The highest BCUT2D eigenvalue weighted by Gasteiger charge is 2.15. The molecule has 0 bridgehead atoms. The fraction of sp³-hybridized carbons (Fsp3) is 0.200. The van der Waals surface area contributed by atoms with Gasteiger partial charge in [-0.1, -0.05) is 53.5 Å². The number of benzene rings is 2. The van der Waals surface area contributed by atoms with Crippen LogP contribution in [-0.4, -0.2) is 12.5 Å². The first-order chi connectivity index (χ1) is 12.5. The van der Waals surface area contributed by atoms with Crippen molar-refractivity contribution in [3.05, 3.63) is 69.2 Å². The van der Waals surface area contributed by atoms with E-state index in [9.17, 15) is 10.1 Å². The van der Waals surface area contributed by atoms with Gasteiger partial charge in [0.25, 0.3) is 5.91 Å². The lowest BCUT2D eigenvalue weighted by Gasteiger charge is -2.14. The SMILES string of the molecule is CCOc1c(Cl)cc(/C=C(/C#N)C(=O)N[C@@H](C)c2ccccc2)cc1Cl. The molecule has 2 aromatic carbocycles. The van der Waals surface area contributed by atoms with Crippen molar-refractivity contribution in [1.29, 1.82) is 5.26 Å². The Bertz CT molecular complexity index is 835. The van der Waals surface area contributed by atoms with Gasteiger partial charge in [0.15, 0.2) is 5.75 Å². The van der Waals surface area contributed by atoms with Crippen molar-refractivity contribution in [1.82, 2.24) is 5.32 Å². The smallest absolute Gasteiger partial charge is 0.262 e. The number of rotatable bonds is 6. The van der Waals surface area contributed by atoms with E-state index in [4.69, 9.17) is 27.9 Å². The first kappa shape index (κ1) is 19.8. The maximum Gasteiger partial charge on any atom is 0.262 e. The lowest BCUT2D eigenvalue weighted by molar-refractivity contribution is -0.117. The van der Waals surface area contributed by atoms with Gasteiger partial charge >= 0.3 is 0 Å². The van der Waals surface area contributed by atoms with Crippen LogP contribution in [0.2, 0.25) is 10.0 Å². The molecule has 0 aliphatic carbocycles. The summed E-state index contributed by atoms with van der Waals surface area (Å²) < 4.78 is 5.37. The van der Waals surface area contributed by atoms with Crippen LogP contribution in [0, 0.1) is 11.3 Å². The normalized spacial score (nSPS) is 12.2. The van der Waals surface area contributed by atoms with Crippen molar-refractivity contribution in [3.63, 3.8) is 0 Å². The topological polar surface area (TPSA) is 62.1 Å². The number of amides is 1. The molecule has 0 aliphatic rings. The Morgan fingerprint density at radius 2 is 1.88 bits per heavy atom. The molecule has 1 amide bonds. The van der Waals surface area contributed by atoms with E-state index in [2.05, 4.69) is 5.32 Å². The molecular weight excluding hydrogens is 371 g/mol. The molecule has 26 heavy (non-hydrogen) atoms. The van der Waals surface area contributed by atoms with Crippen molar-refractivity contribution in [2.24, 2.45) is 0 Å². The average molecular weight is 389 g/mol. The lowest BCUT2D eigenvalue weighted by Crippen LogP contribution is -2.27. The summed E-state index contributed by atoms with van der Waals surface area (Å²) in [5.41, 5.74) is 1.46. The van der Waals surface area contributed by atoms with Gasteiger partial charge in [0.05, 0.1) is 22.7 Å². The van der Waals surface area contributed by atoms with Gasteiger partial charge in [-0.05, 0) is 43.2 Å². The minimum atomic E-state index is -0.468. The number of nitriles is 1. The number of ether oxygens (including phenoxy) is 1. The van der Waals surface area contributed by atoms with Gasteiger partial charge in [-0.3, -0.25) is 4.79 Å². The third-order valence-corrected chi connectivity index (χ3v) is 4.19. The molecule has 0 spiro atoms. The third-order valence-electron chi connectivity index (χ3n) is 3.63. The highest BCUT2D eigenvalue weighted by molar-refractivity contribution is 6.37. The van der Waals surface area contributed by atoms with Crippen LogP contribution >= 0.6 is 23.2 Å². The number of nitrogens with zero attached hydrogens (tertiary/aromatic N) is 1. The summed E-state index contributed by atoms with van der Waals surface area (Å²) in [6.45, 7) is 4.11. The van der Waals surface area contributed by atoms with E-state index >= 15 is 0 Å². The van der Waals surface area contributed by atoms with E-state index in [1.807, 2.05) is 50.2 Å². The molecule has 2 aromatic rings. The van der Waals surface area contributed by atoms with Gasteiger partial charge in [0, 0.05) is 0 Å². The zero-order valence-electron chi connectivity index (χ0n) is 14.4. The highest BCUT2D eigenvalue weighted by atomic mass is 35.5. The number of carbonyl (C=O) groups is 1. The number of hydrogen-bond donors (Lipinski definition) is 1. The minimum Gasteiger partial charge on any atom is -0.491 e. The van der Waals surface area contributed by atoms with Crippen molar-refractivity contribution in [3.8, 4) is 11.8 Å². The van der Waals surface area contributed by atoms with E-state index in [1.54, 1.807) is 12.1 Å². The molecule has 0 saturated heterocycles. The second-order valence-corrected chi connectivity index (χ2v) is 6.34. The van der Waals surface area contributed by atoms with Crippen molar-refractivity contribution < 1.29 is 9.53 Å². The Labute approximate surface area is 163 Å². The molecule has 6 heteroatoms. The fourth-order valence-corrected chi connectivity index (χ4v) is 2.97.